The van der Waals surface area contributed by atoms with Gasteiger partial charge in [0.15, 0.2) is 5.96 Å². The number of nitrogens with one attached hydrogen (secondary N) is 1. The van der Waals surface area contributed by atoms with Gasteiger partial charge in [-0.15, -0.1) is 24.0 Å². The predicted molar refractivity (Wildman–Crippen MR) is 117 cm³/mol. The standard InChI is InChI=1S/C19H28ClN3O2.HI/c1-2-21-19(22-10-9-15-5-7-16(20)8-6-15)23-11-13-25-18(14-23)17-4-3-12-24-17;/h5-8,17-18H,2-4,9-14H2,1H3,(H,21,22);1H. The second kappa shape index (κ2) is 11.3. The van der Waals surface area contributed by atoms with Crippen LogP contribution < -0.4 is 5.32 Å². The molecule has 0 saturated carbocycles. The third-order valence-electron chi connectivity index (χ3n) is 4.68. The molecular weight excluding hydrogens is 465 g/mol. The Morgan fingerprint density at radius 1 is 1.23 bits per heavy atom. The zero-order valence-electron chi connectivity index (χ0n) is 15.3. The molecule has 0 amide bonds. The van der Waals surface area contributed by atoms with Gasteiger partial charge >= 0.3 is 0 Å². The third kappa shape index (κ3) is 6.25. The normalized spacial score (nSPS) is 23.6. The molecule has 3 rings (SSSR count). The fraction of sp³-hybridized carbons (Fsp3) is 0.632. The number of hydrogen-bond acceptors (Lipinski definition) is 3. The summed E-state index contributed by atoms with van der Waals surface area (Å²) in [5.41, 5.74) is 1.25. The second-order valence-corrected chi connectivity index (χ2v) is 6.96. The van der Waals surface area contributed by atoms with E-state index in [0.717, 1.165) is 69.6 Å². The Morgan fingerprint density at radius 2 is 2.00 bits per heavy atom. The van der Waals surface area contributed by atoms with Crippen LogP contribution in [0.1, 0.15) is 25.3 Å². The van der Waals surface area contributed by atoms with Crippen LogP contribution in [0.4, 0.5) is 0 Å². The molecule has 7 heteroatoms. The zero-order valence-corrected chi connectivity index (χ0v) is 18.4. The van der Waals surface area contributed by atoms with E-state index in [4.69, 9.17) is 26.1 Å². The Kier molecular flexibility index (Phi) is 9.45. The first-order valence-electron chi connectivity index (χ1n) is 9.27. The monoisotopic (exact) mass is 493 g/mol. The molecule has 1 aromatic rings. The number of hydrogen-bond donors (Lipinski definition) is 1. The lowest BCUT2D eigenvalue weighted by atomic mass is 10.1. The van der Waals surface area contributed by atoms with E-state index in [0.29, 0.717) is 0 Å². The average Bonchev–Trinajstić information content (AvgIpc) is 3.17. The van der Waals surface area contributed by atoms with E-state index in [-0.39, 0.29) is 36.2 Å². The maximum Gasteiger partial charge on any atom is 0.194 e. The van der Waals surface area contributed by atoms with Crippen molar-refractivity contribution in [2.75, 3.05) is 39.4 Å². The van der Waals surface area contributed by atoms with E-state index < -0.39 is 0 Å². The molecule has 2 saturated heterocycles. The van der Waals surface area contributed by atoms with Gasteiger partial charge in [0, 0.05) is 37.8 Å². The number of rotatable bonds is 5. The highest BCUT2D eigenvalue weighted by atomic mass is 127. The molecule has 2 aliphatic rings. The number of ether oxygens (including phenoxy) is 2. The Morgan fingerprint density at radius 3 is 2.69 bits per heavy atom. The number of nitrogens with zero attached hydrogens (tertiary/aromatic N) is 2. The lowest BCUT2D eigenvalue weighted by Crippen LogP contribution is -2.53. The summed E-state index contributed by atoms with van der Waals surface area (Å²) in [6.45, 7) is 7.03. The van der Waals surface area contributed by atoms with Gasteiger partial charge in [-0.05, 0) is 43.9 Å². The van der Waals surface area contributed by atoms with Crippen LogP contribution >= 0.6 is 35.6 Å². The zero-order chi connectivity index (χ0) is 17.5. The number of guanidine groups is 1. The van der Waals surface area contributed by atoms with Crippen molar-refractivity contribution >= 4 is 41.5 Å². The minimum atomic E-state index is 0. The maximum absolute atomic E-state index is 5.94. The lowest BCUT2D eigenvalue weighted by Gasteiger charge is -2.37. The Balaban J connectivity index is 0.00000243. The van der Waals surface area contributed by atoms with Gasteiger partial charge < -0.3 is 19.7 Å². The van der Waals surface area contributed by atoms with Crippen LogP contribution in [0, 0.1) is 0 Å². The molecule has 2 atom stereocenters. The molecular formula is C19H29ClIN3O2. The molecule has 26 heavy (non-hydrogen) atoms. The van der Waals surface area contributed by atoms with Gasteiger partial charge in [0.05, 0.1) is 12.7 Å². The van der Waals surface area contributed by atoms with Crippen molar-refractivity contribution in [3.8, 4) is 0 Å². The van der Waals surface area contributed by atoms with Crippen LogP contribution in [-0.4, -0.2) is 62.5 Å². The molecule has 0 spiro atoms. The molecule has 2 aliphatic heterocycles. The summed E-state index contributed by atoms with van der Waals surface area (Å²) in [4.78, 5) is 7.12. The SMILES string of the molecule is CCNC(=NCCc1ccc(Cl)cc1)N1CCOC(C2CCCO2)C1.I. The van der Waals surface area contributed by atoms with Crippen LogP contribution in [0.3, 0.4) is 0 Å². The summed E-state index contributed by atoms with van der Waals surface area (Å²) in [5, 5.41) is 4.19. The average molecular weight is 494 g/mol. The summed E-state index contributed by atoms with van der Waals surface area (Å²) in [6, 6.07) is 7.99. The van der Waals surface area contributed by atoms with Gasteiger partial charge in [-0.1, -0.05) is 23.7 Å². The number of benzene rings is 1. The smallest absolute Gasteiger partial charge is 0.194 e. The topological polar surface area (TPSA) is 46.1 Å². The van der Waals surface area contributed by atoms with Crippen molar-refractivity contribution < 1.29 is 9.47 Å². The molecule has 2 fully saturated rings. The Hall–Kier alpha value is -0.570. The highest BCUT2D eigenvalue weighted by molar-refractivity contribution is 14.0. The van der Waals surface area contributed by atoms with Crippen LogP contribution in [0.2, 0.25) is 5.02 Å². The van der Waals surface area contributed by atoms with Crippen LogP contribution in [-0.2, 0) is 15.9 Å². The van der Waals surface area contributed by atoms with Gasteiger partial charge in [0.1, 0.15) is 6.10 Å². The van der Waals surface area contributed by atoms with Crippen molar-refractivity contribution in [2.45, 2.75) is 38.4 Å². The van der Waals surface area contributed by atoms with E-state index in [1.54, 1.807) is 0 Å². The summed E-state index contributed by atoms with van der Waals surface area (Å²) >= 11 is 5.94. The summed E-state index contributed by atoms with van der Waals surface area (Å²) < 4.78 is 11.7. The Bertz CT molecular complexity index is 564. The van der Waals surface area contributed by atoms with Crippen molar-refractivity contribution in [3.05, 3.63) is 34.9 Å². The maximum atomic E-state index is 5.94. The van der Waals surface area contributed by atoms with Crippen molar-refractivity contribution in [1.82, 2.24) is 10.2 Å². The van der Waals surface area contributed by atoms with Crippen LogP contribution in [0.5, 0.6) is 0 Å². The van der Waals surface area contributed by atoms with Crippen molar-refractivity contribution in [3.63, 3.8) is 0 Å². The van der Waals surface area contributed by atoms with E-state index in [1.807, 2.05) is 12.1 Å². The third-order valence-corrected chi connectivity index (χ3v) is 4.93. The molecule has 1 N–H and O–H groups in total. The summed E-state index contributed by atoms with van der Waals surface area (Å²) in [7, 11) is 0. The first-order chi connectivity index (χ1) is 12.3. The molecule has 2 heterocycles. The number of halogens is 2. The highest BCUT2D eigenvalue weighted by Crippen LogP contribution is 2.21. The number of morpholine rings is 1. The fourth-order valence-corrected chi connectivity index (χ4v) is 3.48. The van der Waals surface area contributed by atoms with Gasteiger partial charge in [-0.25, -0.2) is 0 Å². The van der Waals surface area contributed by atoms with Gasteiger partial charge in [0.2, 0.25) is 0 Å². The quantitative estimate of drug-likeness (QED) is 0.388. The minimum absolute atomic E-state index is 0. The van der Waals surface area contributed by atoms with Crippen molar-refractivity contribution in [1.29, 1.82) is 0 Å². The number of aliphatic imine (C=N–C) groups is 1. The van der Waals surface area contributed by atoms with Gasteiger partial charge in [-0.3, -0.25) is 4.99 Å². The molecule has 2 unspecified atom stereocenters. The molecule has 146 valence electrons. The van der Waals surface area contributed by atoms with E-state index in [1.165, 1.54) is 5.56 Å². The molecule has 0 radical (unpaired) electrons. The lowest BCUT2D eigenvalue weighted by molar-refractivity contribution is -0.0817. The minimum Gasteiger partial charge on any atom is -0.375 e. The van der Waals surface area contributed by atoms with E-state index in [2.05, 4.69) is 29.3 Å². The fourth-order valence-electron chi connectivity index (χ4n) is 3.36. The van der Waals surface area contributed by atoms with E-state index in [9.17, 15) is 0 Å². The molecule has 1 aromatic carbocycles. The first-order valence-corrected chi connectivity index (χ1v) is 9.65. The van der Waals surface area contributed by atoms with Gasteiger partial charge in [0.25, 0.3) is 0 Å². The second-order valence-electron chi connectivity index (χ2n) is 6.52. The van der Waals surface area contributed by atoms with Crippen molar-refractivity contribution in [2.24, 2.45) is 4.99 Å². The van der Waals surface area contributed by atoms with Crippen LogP contribution in [0.15, 0.2) is 29.3 Å². The summed E-state index contributed by atoms with van der Waals surface area (Å²) in [6.07, 6.45) is 3.53. The first kappa shape index (κ1) is 21.7. The highest BCUT2D eigenvalue weighted by Gasteiger charge is 2.32. The predicted octanol–water partition coefficient (Wildman–Crippen LogP) is 3.35. The molecule has 0 aliphatic carbocycles. The van der Waals surface area contributed by atoms with E-state index >= 15 is 0 Å². The molecule has 5 nitrogen and oxygen atoms in total. The largest absolute Gasteiger partial charge is 0.375 e. The summed E-state index contributed by atoms with van der Waals surface area (Å²) in [5.74, 6) is 0.975. The molecule has 0 bridgehead atoms. The Labute approximate surface area is 178 Å². The van der Waals surface area contributed by atoms with Crippen LogP contribution in [0.25, 0.3) is 0 Å². The van der Waals surface area contributed by atoms with Gasteiger partial charge in [-0.2, -0.15) is 0 Å². The molecule has 0 aromatic heterocycles.